The summed E-state index contributed by atoms with van der Waals surface area (Å²) in [5.74, 6) is 1.51. The van der Waals surface area contributed by atoms with E-state index in [0.717, 1.165) is 22.9 Å². The fraction of sp³-hybridized carbons (Fsp3) is 0.583. The SMILES string of the molecule is CC(C)Cc1nsc(NC(C)c2cnn(C)c2)n1. The zero-order chi connectivity index (χ0) is 13.1. The van der Waals surface area contributed by atoms with Gasteiger partial charge in [0.25, 0.3) is 0 Å². The van der Waals surface area contributed by atoms with Crippen LogP contribution in [0.15, 0.2) is 12.4 Å². The van der Waals surface area contributed by atoms with E-state index >= 15 is 0 Å². The molecular formula is C12H19N5S. The number of nitrogens with one attached hydrogen (secondary N) is 1. The maximum absolute atomic E-state index is 4.49. The molecule has 0 aliphatic rings. The van der Waals surface area contributed by atoms with Crippen molar-refractivity contribution >= 4 is 16.7 Å². The minimum absolute atomic E-state index is 0.193. The summed E-state index contributed by atoms with van der Waals surface area (Å²) in [5.41, 5.74) is 1.15. The number of aromatic nitrogens is 4. The number of rotatable bonds is 5. The van der Waals surface area contributed by atoms with Crippen LogP contribution in [0, 0.1) is 5.92 Å². The Hall–Kier alpha value is -1.43. The van der Waals surface area contributed by atoms with E-state index in [1.54, 1.807) is 4.68 Å². The lowest BCUT2D eigenvalue weighted by molar-refractivity contribution is 0.627. The van der Waals surface area contributed by atoms with Crippen LogP contribution in [0.25, 0.3) is 0 Å². The van der Waals surface area contributed by atoms with Gasteiger partial charge in [0.2, 0.25) is 5.13 Å². The molecule has 5 nitrogen and oxygen atoms in total. The fourth-order valence-electron chi connectivity index (χ4n) is 1.69. The molecule has 0 radical (unpaired) electrons. The molecule has 0 spiro atoms. The first kappa shape index (κ1) is 13.0. The van der Waals surface area contributed by atoms with E-state index < -0.39 is 0 Å². The Bertz CT molecular complexity index is 502. The van der Waals surface area contributed by atoms with Crippen molar-refractivity contribution in [1.29, 1.82) is 0 Å². The molecule has 2 aromatic heterocycles. The lowest BCUT2D eigenvalue weighted by atomic mass is 10.1. The predicted octanol–water partition coefficient (Wildman–Crippen LogP) is 2.64. The molecule has 0 fully saturated rings. The van der Waals surface area contributed by atoms with Crippen LogP contribution >= 0.6 is 11.5 Å². The summed E-state index contributed by atoms with van der Waals surface area (Å²) in [4.78, 5) is 4.49. The number of nitrogens with zero attached hydrogens (tertiary/aromatic N) is 4. The second kappa shape index (κ2) is 5.48. The highest BCUT2D eigenvalue weighted by Gasteiger charge is 2.11. The molecule has 0 amide bonds. The summed E-state index contributed by atoms with van der Waals surface area (Å²) in [6.45, 7) is 6.44. The molecule has 18 heavy (non-hydrogen) atoms. The standard InChI is InChI=1S/C12H19N5S/c1-8(2)5-11-15-12(18-16-11)14-9(3)10-6-13-17(4)7-10/h6-9H,5H2,1-4H3,(H,14,15,16). The monoisotopic (exact) mass is 265 g/mol. The molecule has 2 heterocycles. The summed E-state index contributed by atoms with van der Waals surface area (Å²) < 4.78 is 6.16. The van der Waals surface area contributed by atoms with Crippen LogP contribution in [-0.2, 0) is 13.5 Å². The molecule has 1 atom stereocenters. The molecule has 2 rings (SSSR count). The van der Waals surface area contributed by atoms with E-state index in [0.29, 0.717) is 5.92 Å². The van der Waals surface area contributed by atoms with Gasteiger partial charge >= 0.3 is 0 Å². The molecule has 0 aromatic carbocycles. The smallest absolute Gasteiger partial charge is 0.203 e. The van der Waals surface area contributed by atoms with Gasteiger partial charge in [0.15, 0.2) is 0 Å². The molecule has 6 heteroatoms. The van der Waals surface area contributed by atoms with Crippen LogP contribution in [0.5, 0.6) is 0 Å². The van der Waals surface area contributed by atoms with Crippen molar-refractivity contribution in [2.45, 2.75) is 33.2 Å². The van der Waals surface area contributed by atoms with Crippen LogP contribution in [0.3, 0.4) is 0 Å². The van der Waals surface area contributed by atoms with Crippen LogP contribution in [0.4, 0.5) is 5.13 Å². The molecule has 0 saturated heterocycles. The van der Waals surface area contributed by atoms with Crippen LogP contribution < -0.4 is 5.32 Å². The largest absolute Gasteiger partial charge is 0.354 e. The first-order valence-electron chi connectivity index (χ1n) is 6.12. The van der Waals surface area contributed by atoms with Gasteiger partial charge in [0, 0.05) is 36.8 Å². The lowest BCUT2D eigenvalue weighted by Crippen LogP contribution is -2.05. The van der Waals surface area contributed by atoms with Gasteiger partial charge in [-0.2, -0.15) is 9.47 Å². The third kappa shape index (κ3) is 3.29. The van der Waals surface area contributed by atoms with E-state index in [1.165, 1.54) is 11.5 Å². The maximum Gasteiger partial charge on any atom is 0.203 e. The Morgan fingerprint density at radius 1 is 1.39 bits per heavy atom. The number of aryl methyl sites for hydroxylation is 1. The highest BCUT2D eigenvalue weighted by molar-refractivity contribution is 7.09. The highest BCUT2D eigenvalue weighted by atomic mass is 32.1. The van der Waals surface area contributed by atoms with Crippen molar-refractivity contribution in [2.75, 3.05) is 5.32 Å². The molecule has 0 aliphatic heterocycles. The van der Waals surface area contributed by atoms with Crippen LogP contribution in [-0.4, -0.2) is 19.1 Å². The van der Waals surface area contributed by atoms with Crippen molar-refractivity contribution in [3.05, 3.63) is 23.8 Å². The Balaban J connectivity index is 1.98. The zero-order valence-electron chi connectivity index (χ0n) is 11.2. The van der Waals surface area contributed by atoms with Crippen molar-refractivity contribution in [1.82, 2.24) is 19.1 Å². The third-order valence-corrected chi connectivity index (χ3v) is 3.31. The third-order valence-electron chi connectivity index (χ3n) is 2.62. The Labute approximate surface area is 111 Å². The van der Waals surface area contributed by atoms with Crippen LogP contribution in [0.1, 0.15) is 38.2 Å². The average molecular weight is 265 g/mol. The van der Waals surface area contributed by atoms with Gasteiger partial charge in [-0.25, -0.2) is 4.98 Å². The van der Waals surface area contributed by atoms with Gasteiger partial charge in [-0.05, 0) is 12.8 Å². The fourth-order valence-corrected chi connectivity index (χ4v) is 2.38. The van der Waals surface area contributed by atoms with Crippen molar-refractivity contribution < 1.29 is 0 Å². The van der Waals surface area contributed by atoms with Gasteiger partial charge in [-0.3, -0.25) is 4.68 Å². The van der Waals surface area contributed by atoms with Gasteiger partial charge in [0.1, 0.15) is 5.82 Å². The zero-order valence-corrected chi connectivity index (χ0v) is 12.0. The normalized spacial score (nSPS) is 12.9. The maximum atomic E-state index is 4.49. The van der Waals surface area contributed by atoms with Gasteiger partial charge in [-0.1, -0.05) is 13.8 Å². The molecule has 2 aromatic rings. The summed E-state index contributed by atoms with van der Waals surface area (Å²) in [7, 11) is 1.92. The molecule has 0 saturated carbocycles. The average Bonchev–Trinajstić information content (AvgIpc) is 2.87. The Morgan fingerprint density at radius 2 is 2.17 bits per heavy atom. The number of hydrogen-bond acceptors (Lipinski definition) is 5. The molecule has 0 aliphatic carbocycles. The van der Waals surface area contributed by atoms with E-state index in [2.05, 4.69) is 40.5 Å². The number of anilines is 1. The molecule has 1 N–H and O–H groups in total. The highest BCUT2D eigenvalue weighted by Crippen LogP contribution is 2.20. The molecule has 98 valence electrons. The van der Waals surface area contributed by atoms with Gasteiger partial charge in [0.05, 0.1) is 12.2 Å². The topological polar surface area (TPSA) is 55.6 Å². The van der Waals surface area contributed by atoms with E-state index in [1.807, 2.05) is 19.4 Å². The Kier molecular flexibility index (Phi) is 3.96. The van der Waals surface area contributed by atoms with Gasteiger partial charge in [-0.15, -0.1) is 0 Å². The minimum Gasteiger partial charge on any atom is -0.354 e. The number of hydrogen-bond donors (Lipinski definition) is 1. The molecule has 0 bridgehead atoms. The first-order chi connectivity index (χ1) is 8.54. The van der Waals surface area contributed by atoms with Crippen LogP contribution in [0.2, 0.25) is 0 Å². The first-order valence-corrected chi connectivity index (χ1v) is 6.89. The lowest BCUT2D eigenvalue weighted by Gasteiger charge is -2.09. The summed E-state index contributed by atoms with van der Waals surface area (Å²) in [6.07, 6.45) is 4.81. The quantitative estimate of drug-likeness (QED) is 0.903. The van der Waals surface area contributed by atoms with Crippen molar-refractivity contribution in [3.63, 3.8) is 0 Å². The molecular weight excluding hydrogens is 246 g/mol. The summed E-state index contributed by atoms with van der Waals surface area (Å²) in [6, 6.07) is 0.193. The Morgan fingerprint density at radius 3 is 2.78 bits per heavy atom. The second-order valence-electron chi connectivity index (χ2n) is 4.93. The minimum atomic E-state index is 0.193. The molecule has 1 unspecified atom stereocenters. The second-order valence-corrected chi connectivity index (χ2v) is 5.68. The predicted molar refractivity (Wildman–Crippen MR) is 73.7 cm³/mol. The van der Waals surface area contributed by atoms with Gasteiger partial charge < -0.3 is 5.32 Å². The van der Waals surface area contributed by atoms with Crippen molar-refractivity contribution in [3.8, 4) is 0 Å². The van der Waals surface area contributed by atoms with E-state index in [-0.39, 0.29) is 6.04 Å². The van der Waals surface area contributed by atoms with E-state index in [9.17, 15) is 0 Å². The summed E-state index contributed by atoms with van der Waals surface area (Å²) >= 11 is 1.42. The van der Waals surface area contributed by atoms with Crippen molar-refractivity contribution in [2.24, 2.45) is 13.0 Å². The summed E-state index contributed by atoms with van der Waals surface area (Å²) in [5, 5.41) is 8.40. The van der Waals surface area contributed by atoms with E-state index in [4.69, 9.17) is 0 Å².